The molecule has 1 fully saturated rings. The van der Waals surface area contributed by atoms with Gasteiger partial charge in [-0.3, -0.25) is 9.69 Å². The van der Waals surface area contributed by atoms with Crippen molar-refractivity contribution in [3.05, 3.63) is 99.1 Å². The second-order valence-corrected chi connectivity index (χ2v) is 15.8. The van der Waals surface area contributed by atoms with Crippen LogP contribution < -0.4 is 9.47 Å². The number of esters is 1. The Hall–Kier alpha value is -2.83. The van der Waals surface area contributed by atoms with E-state index in [1.165, 1.54) is 47.1 Å². The Balaban J connectivity index is 0.00000486. The number of aryl methyl sites for hydroxylation is 1. The average molecular weight is 720 g/mol. The third-order valence-electron chi connectivity index (χ3n) is 11.3. The number of carbonyl (C=O) groups is 1. The van der Waals surface area contributed by atoms with Gasteiger partial charge >= 0.3 is 5.97 Å². The van der Waals surface area contributed by atoms with Gasteiger partial charge in [0.05, 0.1) is 5.56 Å². The highest BCUT2D eigenvalue weighted by Gasteiger charge is 2.41. The van der Waals surface area contributed by atoms with Gasteiger partial charge < -0.3 is 14.4 Å². The van der Waals surface area contributed by atoms with Crippen LogP contribution in [0.5, 0.6) is 11.5 Å². The van der Waals surface area contributed by atoms with E-state index in [9.17, 15) is 4.79 Å². The Morgan fingerprint density at radius 1 is 1.08 bits per heavy atom. The largest absolute Gasteiger partial charge is 0.483 e. The molecule has 0 radical (unpaired) electrons. The Morgan fingerprint density at radius 2 is 1.86 bits per heavy atom. The van der Waals surface area contributed by atoms with Gasteiger partial charge in [-0.05, 0) is 131 Å². The summed E-state index contributed by atoms with van der Waals surface area (Å²) in [5, 5.41) is 0.725. The van der Waals surface area contributed by atoms with Crippen molar-refractivity contribution in [2.75, 3.05) is 26.2 Å². The number of benzene rings is 3. The van der Waals surface area contributed by atoms with Crippen molar-refractivity contribution in [1.29, 1.82) is 0 Å². The van der Waals surface area contributed by atoms with Crippen LogP contribution in [0.25, 0.3) is 5.57 Å². The summed E-state index contributed by atoms with van der Waals surface area (Å²) in [5.41, 5.74) is 7.41. The minimum Gasteiger partial charge on any atom is -0.483 e. The first-order valence-corrected chi connectivity index (χ1v) is 18.9. The van der Waals surface area contributed by atoms with Crippen LogP contribution >= 0.6 is 24.0 Å². The number of hydrogen-bond donors (Lipinski definition) is 0. The zero-order valence-corrected chi connectivity index (χ0v) is 32.5. The highest BCUT2D eigenvalue weighted by molar-refractivity contribution is 6.30. The van der Waals surface area contributed by atoms with Crippen LogP contribution in [0.2, 0.25) is 5.02 Å². The molecule has 6 rings (SSSR count). The van der Waals surface area contributed by atoms with Gasteiger partial charge in [0.25, 0.3) is 0 Å². The second kappa shape index (κ2) is 16.2. The summed E-state index contributed by atoms with van der Waals surface area (Å²) in [7, 11) is 0. The fraction of sp³-hybridized carbons (Fsp3) is 0.512. The normalized spacial score (nSPS) is 20.2. The van der Waals surface area contributed by atoms with E-state index in [0.29, 0.717) is 18.2 Å². The number of ether oxygens (including phenoxy) is 2. The molecule has 50 heavy (non-hydrogen) atoms. The molecule has 1 saturated heterocycles. The predicted octanol–water partition coefficient (Wildman–Crippen LogP) is 10.6. The lowest BCUT2D eigenvalue weighted by atomic mass is 9.70. The molecule has 2 unspecified atom stereocenters. The van der Waals surface area contributed by atoms with E-state index < -0.39 is 5.60 Å². The molecule has 2 atom stereocenters. The highest BCUT2D eigenvalue weighted by atomic mass is 35.5. The third-order valence-corrected chi connectivity index (χ3v) is 11.5. The number of likely N-dealkylation sites (tertiary alicyclic amines) is 1. The Kier molecular flexibility index (Phi) is 12.5. The maximum atomic E-state index is 13.7. The van der Waals surface area contributed by atoms with Crippen LogP contribution in [0.3, 0.4) is 0 Å². The van der Waals surface area contributed by atoms with Crippen molar-refractivity contribution in [3.8, 4) is 11.5 Å². The minimum atomic E-state index is -0.473. The molecular formula is C43H56Cl2N2O3. The molecule has 3 aliphatic rings. The van der Waals surface area contributed by atoms with Crippen LogP contribution in [-0.2, 0) is 16.8 Å². The van der Waals surface area contributed by atoms with Gasteiger partial charge in [0.2, 0.25) is 0 Å². The summed E-state index contributed by atoms with van der Waals surface area (Å²) in [5.74, 6) is 1.24. The van der Waals surface area contributed by atoms with Crippen molar-refractivity contribution in [3.63, 3.8) is 0 Å². The first-order chi connectivity index (χ1) is 23.5. The van der Waals surface area contributed by atoms with Crippen molar-refractivity contribution in [2.45, 2.75) is 117 Å². The lowest BCUT2D eigenvalue weighted by molar-refractivity contribution is -0.134. The topological polar surface area (TPSA) is 42.0 Å². The number of hydrogen-bond acceptors (Lipinski definition) is 5. The van der Waals surface area contributed by atoms with Crippen molar-refractivity contribution in [1.82, 2.24) is 9.80 Å². The van der Waals surface area contributed by atoms with Gasteiger partial charge in [-0.2, -0.15) is 0 Å². The Morgan fingerprint density at radius 3 is 2.60 bits per heavy atom. The predicted molar refractivity (Wildman–Crippen MR) is 209 cm³/mol. The molecule has 3 aliphatic heterocycles. The second-order valence-electron chi connectivity index (χ2n) is 15.4. The molecular weight excluding hydrogens is 663 g/mol. The van der Waals surface area contributed by atoms with Crippen LogP contribution in [0.1, 0.15) is 114 Å². The van der Waals surface area contributed by atoms with Gasteiger partial charge in [-0.15, -0.1) is 12.4 Å². The number of fused-ring (bicyclic) bond motifs is 2. The Labute approximate surface area is 311 Å². The quantitative estimate of drug-likeness (QED) is 0.146. The molecule has 5 nitrogen and oxygen atoms in total. The minimum absolute atomic E-state index is 0. The van der Waals surface area contributed by atoms with E-state index in [1.807, 2.05) is 6.07 Å². The molecule has 0 bridgehead atoms. The van der Waals surface area contributed by atoms with E-state index in [0.717, 1.165) is 80.3 Å². The fourth-order valence-corrected chi connectivity index (χ4v) is 8.78. The molecule has 3 aromatic carbocycles. The number of rotatable bonds is 11. The molecule has 0 spiro atoms. The molecule has 7 heteroatoms. The summed E-state index contributed by atoms with van der Waals surface area (Å²) in [6, 6.07) is 21.8. The summed E-state index contributed by atoms with van der Waals surface area (Å²) >= 11 is 6.62. The third kappa shape index (κ3) is 8.28. The lowest BCUT2D eigenvalue weighted by Crippen LogP contribution is -2.42. The van der Waals surface area contributed by atoms with Crippen LogP contribution in [-0.4, -0.2) is 53.6 Å². The summed E-state index contributed by atoms with van der Waals surface area (Å²) < 4.78 is 13.4. The summed E-state index contributed by atoms with van der Waals surface area (Å²) in [6.07, 6.45) is 7.77. The lowest BCUT2D eigenvalue weighted by Gasteiger charge is -2.43. The smallest absolute Gasteiger partial charge is 0.311 e. The van der Waals surface area contributed by atoms with Gasteiger partial charge in [0.1, 0.15) is 17.1 Å². The van der Waals surface area contributed by atoms with Crippen molar-refractivity contribution >= 4 is 35.6 Å². The zero-order chi connectivity index (χ0) is 34.8. The average Bonchev–Trinajstić information content (AvgIpc) is 3.06. The number of halogens is 2. The monoisotopic (exact) mass is 718 g/mol. The Bertz CT molecular complexity index is 1690. The molecule has 0 saturated carbocycles. The van der Waals surface area contributed by atoms with E-state index in [1.54, 1.807) is 0 Å². The summed E-state index contributed by atoms with van der Waals surface area (Å²) in [6.45, 7) is 18.0. The van der Waals surface area contributed by atoms with Crippen molar-refractivity contribution < 1.29 is 14.3 Å². The maximum Gasteiger partial charge on any atom is 0.311 e. The number of nitrogens with zero attached hydrogens (tertiary/aromatic N) is 2. The van der Waals surface area contributed by atoms with Gasteiger partial charge in [-0.25, -0.2) is 0 Å². The number of carbonyl (C=O) groups excluding carboxylic acids is 1. The molecule has 3 aromatic rings. The van der Waals surface area contributed by atoms with Gasteiger partial charge in [-0.1, -0.05) is 74.7 Å². The molecule has 270 valence electrons. The zero-order valence-electron chi connectivity index (χ0n) is 30.9. The van der Waals surface area contributed by atoms with E-state index in [2.05, 4.69) is 106 Å². The molecule has 3 heterocycles. The van der Waals surface area contributed by atoms with Crippen molar-refractivity contribution in [2.24, 2.45) is 0 Å². The van der Waals surface area contributed by atoms with E-state index in [-0.39, 0.29) is 23.8 Å². The highest BCUT2D eigenvalue weighted by Crippen LogP contribution is 2.51. The van der Waals surface area contributed by atoms with Crippen LogP contribution in [0.15, 0.2) is 66.2 Å². The number of piperidine rings is 1. The maximum absolute atomic E-state index is 13.7. The molecule has 0 N–H and O–H groups in total. The molecule has 0 aromatic heterocycles. The standard InChI is InChI=1S/C43H55ClN2O3.ClH/c1-7-21-43(6,37-27-34(44)19-18-30(37)2)33-25-38(48-40(47)17-13-23-46-22-12-11-14-31(46)3)41-35-29-45(28-32-15-9-8-10-16-32)24-20-36(35)42(4,5)49-39(41)26-33;/h8-10,15-16,18-19,25-27,31H,7,11-14,17,20-24,28-29H2,1-6H3;1H. The first-order valence-electron chi connectivity index (χ1n) is 18.6. The molecule has 0 amide bonds. The van der Waals surface area contributed by atoms with Gasteiger partial charge in [0.15, 0.2) is 0 Å². The van der Waals surface area contributed by atoms with Crippen LogP contribution in [0.4, 0.5) is 0 Å². The fourth-order valence-electron chi connectivity index (χ4n) is 8.61. The van der Waals surface area contributed by atoms with Gasteiger partial charge in [0, 0.05) is 42.5 Å². The molecule has 0 aliphatic carbocycles. The van der Waals surface area contributed by atoms with Crippen LogP contribution in [0, 0.1) is 6.92 Å². The first kappa shape index (κ1) is 38.4. The van der Waals surface area contributed by atoms with E-state index in [4.69, 9.17) is 21.1 Å². The van der Waals surface area contributed by atoms with E-state index >= 15 is 0 Å². The summed E-state index contributed by atoms with van der Waals surface area (Å²) in [4.78, 5) is 18.8. The SMILES string of the molecule is CCCC(C)(c1cc(OC(=O)CCCN2CCCCC2C)c2c(c1)OC(C)(C)C1=C2CN(Cc2ccccc2)CC1)c1cc(Cl)ccc1C.Cl.